The standard InChI is InChI=1S/C18H28BrNO/c1-17(2,3)20-11-9-15(10-12-20)18(4,21)13-14-7-5-6-8-16(14)19/h5-8,15,21H,9-13H2,1-4H3. The predicted molar refractivity (Wildman–Crippen MR) is 92.5 cm³/mol. The Balaban J connectivity index is 2.00. The molecule has 0 spiro atoms. The van der Waals surface area contributed by atoms with E-state index in [0.717, 1.165) is 30.4 Å². The highest BCUT2D eigenvalue weighted by atomic mass is 79.9. The van der Waals surface area contributed by atoms with Crippen molar-refractivity contribution in [2.75, 3.05) is 13.1 Å². The summed E-state index contributed by atoms with van der Waals surface area (Å²) in [6.07, 6.45) is 2.87. The molecule has 2 nitrogen and oxygen atoms in total. The first-order valence-electron chi connectivity index (χ1n) is 7.91. The van der Waals surface area contributed by atoms with E-state index in [9.17, 15) is 5.11 Å². The summed E-state index contributed by atoms with van der Waals surface area (Å²) in [5.74, 6) is 0.378. The van der Waals surface area contributed by atoms with Gasteiger partial charge in [-0.05, 0) is 71.2 Å². The molecule has 1 aromatic rings. The van der Waals surface area contributed by atoms with Gasteiger partial charge >= 0.3 is 0 Å². The number of likely N-dealkylation sites (tertiary alicyclic amines) is 1. The van der Waals surface area contributed by atoms with Crippen molar-refractivity contribution < 1.29 is 5.11 Å². The largest absolute Gasteiger partial charge is 0.390 e. The maximum Gasteiger partial charge on any atom is 0.0689 e. The lowest BCUT2D eigenvalue weighted by Crippen LogP contribution is -2.50. The third kappa shape index (κ3) is 4.30. The fraction of sp³-hybridized carbons (Fsp3) is 0.667. The molecule has 1 heterocycles. The first kappa shape index (κ1) is 17.0. The molecule has 1 aliphatic rings. The Hall–Kier alpha value is -0.380. The Bertz CT molecular complexity index is 470. The highest BCUT2D eigenvalue weighted by Crippen LogP contribution is 2.34. The Morgan fingerprint density at radius 2 is 1.71 bits per heavy atom. The monoisotopic (exact) mass is 353 g/mol. The number of piperidine rings is 1. The third-order valence-electron chi connectivity index (χ3n) is 4.83. The molecule has 1 atom stereocenters. The zero-order chi connectivity index (χ0) is 15.7. The summed E-state index contributed by atoms with van der Waals surface area (Å²) in [4.78, 5) is 2.53. The summed E-state index contributed by atoms with van der Waals surface area (Å²) < 4.78 is 1.09. The molecular formula is C18H28BrNO. The predicted octanol–water partition coefficient (Wildman–Crippen LogP) is 4.25. The van der Waals surface area contributed by atoms with E-state index in [-0.39, 0.29) is 5.54 Å². The van der Waals surface area contributed by atoms with Gasteiger partial charge in [0.05, 0.1) is 5.60 Å². The van der Waals surface area contributed by atoms with Crippen LogP contribution < -0.4 is 0 Å². The zero-order valence-corrected chi connectivity index (χ0v) is 15.3. The molecular weight excluding hydrogens is 326 g/mol. The number of aliphatic hydroxyl groups is 1. The third-order valence-corrected chi connectivity index (χ3v) is 5.60. The van der Waals surface area contributed by atoms with Crippen LogP contribution in [0, 0.1) is 5.92 Å². The van der Waals surface area contributed by atoms with Crippen LogP contribution >= 0.6 is 15.9 Å². The van der Waals surface area contributed by atoms with E-state index in [2.05, 4.69) is 47.7 Å². The molecule has 2 rings (SSSR count). The van der Waals surface area contributed by atoms with Crippen molar-refractivity contribution in [2.24, 2.45) is 5.92 Å². The van der Waals surface area contributed by atoms with Crippen molar-refractivity contribution in [3.8, 4) is 0 Å². The molecule has 0 radical (unpaired) electrons. The molecule has 0 aliphatic carbocycles. The highest BCUT2D eigenvalue weighted by Gasteiger charge is 2.36. The van der Waals surface area contributed by atoms with Gasteiger partial charge in [0.25, 0.3) is 0 Å². The summed E-state index contributed by atoms with van der Waals surface area (Å²) in [5, 5.41) is 11.0. The van der Waals surface area contributed by atoms with Gasteiger partial charge in [-0.15, -0.1) is 0 Å². The van der Waals surface area contributed by atoms with Gasteiger partial charge in [-0.25, -0.2) is 0 Å². The summed E-state index contributed by atoms with van der Waals surface area (Å²) in [6.45, 7) is 11.0. The van der Waals surface area contributed by atoms with E-state index in [1.807, 2.05) is 25.1 Å². The van der Waals surface area contributed by atoms with Crippen LogP contribution in [0.4, 0.5) is 0 Å². The van der Waals surface area contributed by atoms with Crippen molar-refractivity contribution >= 4 is 15.9 Å². The number of hydrogen-bond acceptors (Lipinski definition) is 2. The molecule has 0 bridgehead atoms. The molecule has 1 unspecified atom stereocenters. The van der Waals surface area contributed by atoms with Crippen LogP contribution in [-0.2, 0) is 6.42 Å². The Kier molecular flexibility index (Phi) is 5.17. The molecule has 21 heavy (non-hydrogen) atoms. The Labute approximate surface area is 137 Å². The van der Waals surface area contributed by atoms with Gasteiger partial charge in [-0.3, -0.25) is 4.90 Å². The molecule has 3 heteroatoms. The summed E-state index contributed by atoms with van der Waals surface area (Å²) >= 11 is 3.59. The average molecular weight is 354 g/mol. The lowest BCUT2D eigenvalue weighted by Gasteiger charge is -2.44. The first-order valence-corrected chi connectivity index (χ1v) is 8.70. The zero-order valence-electron chi connectivity index (χ0n) is 13.7. The van der Waals surface area contributed by atoms with Gasteiger partial charge in [0, 0.05) is 16.4 Å². The van der Waals surface area contributed by atoms with E-state index in [1.54, 1.807) is 0 Å². The molecule has 0 saturated carbocycles. The normalized spacial score (nSPS) is 21.2. The van der Waals surface area contributed by atoms with Crippen molar-refractivity contribution in [3.05, 3.63) is 34.3 Å². The minimum atomic E-state index is -0.631. The minimum absolute atomic E-state index is 0.235. The van der Waals surface area contributed by atoms with Gasteiger partial charge in [0.1, 0.15) is 0 Å². The average Bonchev–Trinajstić information content (AvgIpc) is 2.40. The van der Waals surface area contributed by atoms with Crippen LogP contribution in [0.2, 0.25) is 0 Å². The van der Waals surface area contributed by atoms with Gasteiger partial charge in [0.2, 0.25) is 0 Å². The molecule has 1 saturated heterocycles. The second kappa shape index (κ2) is 6.39. The maximum atomic E-state index is 11.0. The van der Waals surface area contributed by atoms with E-state index in [4.69, 9.17) is 0 Å². The molecule has 0 amide bonds. The van der Waals surface area contributed by atoms with Gasteiger partial charge < -0.3 is 5.11 Å². The number of rotatable bonds is 3. The van der Waals surface area contributed by atoms with Gasteiger partial charge in [-0.2, -0.15) is 0 Å². The lowest BCUT2D eigenvalue weighted by molar-refractivity contribution is -0.0393. The smallest absolute Gasteiger partial charge is 0.0689 e. The fourth-order valence-corrected chi connectivity index (χ4v) is 3.77. The van der Waals surface area contributed by atoms with Crippen molar-refractivity contribution in [2.45, 2.75) is 58.1 Å². The van der Waals surface area contributed by atoms with E-state index in [1.165, 1.54) is 5.56 Å². The lowest BCUT2D eigenvalue weighted by atomic mass is 9.77. The Morgan fingerprint density at radius 3 is 2.24 bits per heavy atom. The Morgan fingerprint density at radius 1 is 1.14 bits per heavy atom. The maximum absolute atomic E-state index is 11.0. The van der Waals surface area contributed by atoms with Crippen LogP contribution in [0.15, 0.2) is 28.7 Å². The summed E-state index contributed by atoms with van der Waals surface area (Å²) in [5.41, 5.74) is 0.799. The van der Waals surface area contributed by atoms with E-state index in [0.29, 0.717) is 12.3 Å². The van der Waals surface area contributed by atoms with Crippen LogP contribution in [0.5, 0.6) is 0 Å². The first-order chi connectivity index (χ1) is 9.70. The topological polar surface area (TPSA) is 23.5 Å². The summed E-state index contributed by atoms with van der Waals surface area (Å²) in [6, 6.07) is 8.21. The second-order valence-corrected chi connectivity index (χ2v) is 8.41. The quantitative estimate of drug-likeness (QED) is 0.877. The number of halogens is 1. The number of benzene rings is 1. The second-order valence-electron chi connectivity index (χ2n) is 7.56. The van der Waals surface area contributed by atoms with Crippen LogP contribution in [0.3, 0.4) is 0 Å². The SMILES string of the molecule is CC(O)(Cc1ccccc1Br)C1CCN(C(C)(C)C)CC1. The van der Waals surface area contributed by atoms with Crippen LogP contribution in [-0.4, -0.2) is 34.2 Å². The van der Waals surface area contributed by atoms with Crippen molar-refractivity contribution in [1.82, 2.24) is 4.90 Å². The molecule has 1 N–H and O–H groups in total. The molecule has 1 aliphatic heterocycles. The van der Waals surface area contributed by atoms with Crippen LogP contribution in [0.25, 0.3) is 0 Å². The minimum Gasteiger partial charge on any atom is -0.390 e. The van der Waals surface area contributed by atoms with Crippen molar-refractivity contribution in [1.29, 1.82) is 0 Å². The van der Waals surface area contributed by atoms with E-state index < -0.39 is 5.60 Å². The fourth-order valence-electron chi connectivity index (χ4n) is 3.34. The number of hydrogen-bond donors (Lipinski definition) is 1. The molecule has 0 aromatic heterocycles. The molecule has 118 valence electrons. The van der Waals surface area contributed by atoms with E-state index >= 15 is 0 Å². The van der Waals surface area contributed by atoms with Crippen molar-refractivity contribution in [3.63, 3.8) is 0 Å². The van der Waals surface area contributed by atoms with Crippen LogP contribution in [0.1, 0.15) is 46.1 Å². The van der Waals surface area contributed by atoms with Gasteiger partial charge in [0.15, 0.2) is 0 Å². The highest BCUT2D eigenvalue weighted by molar-refractivity contribution is 9.10. The molecule has 1 aromatic carbocycles. The number of nitrogens with zero attached hydrogens (tertiary/aromatic N) is 1. The molecule has 1 fully saturated rings. The van der Waals surface area contributed by atoms with Gasteiger partial charge in [-0.1, -0.05) is 34.1 Å². The summed E-state index contributed by atoms with van der Waals surface area (Å²) in [7, 11) is 0.